The van der Waals surface area contributed by atoms with Crippen LogP contribution in [0.2, 0.25) is 0 Å². The van der Waals surface area contributed by atoms with Crippen molar-refractivity contribution < 1.29 is 13.3 Å². The largest absolute Gasteiger partial charge is 0.284 e. The van der Waals surface area contributed by atoms with Gasteiger partial charge in [0.2, 0.25) is 0 Å². The molecule has 1 aliphatic heterocycles. The molecule has 2 rings (SSSR count). The van der Waals surface area contributed by atoms with Crippen molar-refractivity contribution in [2.24, 2.45) is 4.40 Å². The Morgan fingerprint density at radius 3 is 2.53 bits per heavy atom. The third-order valence-electron chi connectivity index (χ3n) is 2.41. The predicted octanol–water partition coefficient (Wildman–Crippen LogP) is 1.40. The normalized spacial score (nSPS) is 22.7. The Labute approximate surface area is 101 Å². The van der Waals surface area contributed by atoms with Gasteiger partial charge in [-0.3, -0.25) is 10.3 Å². The van der Waals surface area contributed by atoms with Gasteiger partial charge in [0.15, 0.2) is 0 Å². The topological polar surface area (TPSA) is 67.8 Å². The van der Waals surface area contributed by atoms with E-state index in [1.807, 2.05) is 13.8 Å². The Morgan fingerprint density at radius 1 is 1.35 bits per heavy atom. The SMILES string of the molecule is Cc1ccc(S(=O)(=O)N=C2CC(C)ON2)cc1. The summed E-state index contributed by atoms with van der Waals surface area (Å²) in [6.07, 6.45) is 0.424. The van der Waals surface area contributed by atoms with Gasteiger partial charge in [-0.1, -0.05) is 17.7 Å². The van der Waals surface area contributed by atoms with Gasteiger partial charge >= 0.3 is 0 Å². The lowest BCUT2D eigenvalue weighted by Crippen LogP contribution is -2.15. The summed E-state index contributed by atoms with van der Waals surface area (Å²) in [4.78, 5) is 5.21. The van der Waals surface area contributed by atoms with Crippen LogP contribution in [0.15, 0.2) is 33.6 Å². The molecule has 6 heteroatoms. The molecule has 1 aromatic rings. The third-order valence-corrected chi connectivity index (χ3v) is 3.74. The molecule has 1 saturated heterocycles. The van der Waals surface area contributed by atoms with Gasteiger partial charge in [-0.25, -0.2) is 0 Å². The fourth-order valence-electron chi connectivity index (χ4n) is 1.49. The minimum absolute atomic E-state index is 0.0537. The van der Waals surface area contributed by atoms with E-state index in [4.69, 9.17) is 4.84 Å². The molecule has 1 aliphatic rings. The van der Waals surface area contributed by atoms with Crippen molar-refractivity contribution >= 4 is 15.9 Å². The van der Waals surface area contributed by atoms with Gasteiger partial charge in [0.25, 0.3) is 10.0 Å². The van der Waals surface area contributed by atoms with Crippen LogP contribution in [0.4, 0.5) is 0 Å². The molecule has 1 atom stereocenters. The van der Waals surface area contributed by atoms with E-state index in [1.54, 1.807) is 24.3 Å². The zero-order valence-corrected chi connectivity index (χ0v) is 10.5. The van der Waals surface area contributed by atoms with Gasteiger partial charge < -0.3 is 0 Å². The minimum Gasteiger partial charge on any atom is -0.271 e. The van der Waals surface area contributed by atoms with Crippen molar-refractivity contribution in [2.75, 3.05) is 0 Å². The van der Waals surface area contributed by atoms with Crippen LogP contribution >= 0.6 is 0 Å². The van der Waals surface area contributed by atoms with Crippen LogP contribution in [0.5, 0.6) is 0 Å². The molecule has 1 heterocycles. The molecule has 0 aromatic heterocycles. The standard InChI is InChI=1S/C11H14N2O3S/c1-8-3-5-10(6-4-8)17(14,15)13-11-7-9(2)16-12-11/h3-6,9H,7H2,1-2H3,(H,12,13). The first-order chi connectivity index (χ1) is 7.97. The summed E-state index contributed by atoms with van der Waals surface area (Å²) in [5.74, 6) is 0.345. The summed E-state index contributed by atoms with van der Waals surface area (Å²) in [6.45, 7) is 3.74. The van der Waals surface area contributed by atoms with Crippen molar-refractivity contribution in [2.45, 2.75) is 31.3 Å². The highest BCUT2D eigenvalue weighted by Gasteiger charge is 2.21. The van der Waals surface area contributed by atoms with Crippen LogP contribution in [0, 0.1) is 6.92 Å². The number of benzene rings is 1. The van der Waals surface area contributed by atoms with E-state index < -0.39 is 10.0 Å². The molecule has 0 amide bonds. The van der Waals surface area contributed by atoms with Crippen LogP contribution in [-0.2, 0) is 14.9 Å². The fraction of sp³-hybridized carbons (Fsp3) is 0.364. The van der Waals surface area contributed by atoms with E-state index in [0.29, 0.717) is 12.3 Å². The fourth-order valence-corrected chi connectivity index (χ4v) is 2.48. The second-order valence-corrected chi connectivity index (χ2v) is 5.66. The first kappa shape index (κ1) is 12.1. The van der Waals surface area contributed by atoms with E-state index in [2.05, 4.69) is 9.88 Å². The number of hydroxylamine groups is 1. The van der Waals surface area contributed by atoms with Gasteiger partial charge in [0, 0.05) is 6.42 Å². The average Bonchev–Trinajstić information content (AvgIpc) is 2.63. The smallest absolute Gasteiger partial charge is 0.271 e. The molecule has 17 heavy (non-hydrogen) atoms. The maximum absolute atomic E-state index is 11.9. The van der Waals surface area contributed by atoms with Gasteiger partial charge in [-0.05, 0) is 26.0 Å². The van der Waals surface area contributed by atoms with E-state index in [-0.39, 0.29) is 11.0 Å². The summed E-state index contributed by atoms with van der Waals surface area (Å²) < 4.78 is 27.6. The number of hydrogen-bond donors (Lipinski definition) is 1. The second kappa shape index (κ2) is 4.46. The van der Waals surface area contributed by atoms with Gasteiger partial charge in [-0.2, -0.15) is 8.42 Å². The third kappa shape index (κ3) is 2.83. The van der Waals surface area contributed by atoms with Gasteiger partial charge in [-0.15, -0.1) is 4.40 Å². The number of nitrogens with one attached hydrogen (secondary N) is 1. The van der Waals surface area contributed by atoms with Crippen LogP contribution in [0.3, 0.4) is 0 Å². The monoisotopic (exact) mass is 254 g/mol. The Kier molecular flexibility index (Phi) is 3.17. The van der Waals surface area contributed by atoms with E-state index in [1.165, 1.54) is 0 Å². The average molecular weight is 254 g/mol. The molecule has 1 unspecified atom stereocenters. The molecule has 0 radical (unpaired) electrons. The van der Waals surface area contributed by atoms with Crippen LogP contribution < -0.4 is 5.48 Å². The molecule has 1 aromatic carbocycles. The molecule has 1 fully saturated rings. The molecule has 0 aliphatic carbocycles. The van der Waals surface area contributed by atoms with Gasteiger partial charge in [0.05, 0.1) is 11.0 Å². The Hall–Kier alpha value is -1.40. The number of amidine groups is 1. The number of rotatable bonds is 2. The maximum Gasteiger partial charge on any atom is 0.284 e. The van der Waals surface area contributed by atoms with Crippen molar-refractivity contribution in [3.8, 4) is 0 Å². The van der Waals surface area contributed by atoms with Crippen molar-refractivity contribution in [1.82, 2.24) is 5.48 Å². The lowest BCUT2D eigenvalue weighted by Gasteiger charge is -2.00. The van der Waals surface area contributed by atoms with Gasteiger partial charge in [0.1, 0.15) is 5.84 Å². The molecule has 0 bridgehead atoms. The Morgan fingerprint density at radius 2 is 2.00 bits per heavy atom. The highest BCUT2D eigenvalue weighted by atomic mass is 32.2. The lowest BCUT2D eigenvalue weighted by molar-refractivity contribution is 0.0575. The minimum atomic E-state index is -3.64. The number of nitrogens with zero attached hydrogens (tertiary/aromatic N) is 1. The quantitative estimate of drug-likeness (QED) is 0.866. The van der Waals surface area contributed by atoms with Crippen LogP contribution in [0.1, 0.15) is 18.9 Å². The Balaban J connectivity index is 2.28. The van der Waals surface area contributed by atoms with Crippen molar-refractivity contribution in [3.05, 3.63) is 29.8 Å². The molecule has 92 valence electrons. The van der Waals surface area contributed by atoms with Crippen molar-refractivity contribution in [1.29, 1.82) is 0 Å². The van der Waals surface area contributed by atoms with Crippen LogP contribution in [0.25, 0.3) is 0 Å². The van der Waals surface area contributed by atoms with Crippen LogP contribution in [-0.4, -0.2) is 20.4 Å². The molecule has 5 nitrogen and oxygen atoms in total. The summed E-state index contributed by atoms with van der Waals surface area (Å²) in [5, 5.41) is 0. The predicted molar refractivity (Wildman–Crippen MR) is 64.1 cm³/mol. The first-order valence-electron chi connectivity index (χ1n) is 5.29. The van der Waals surface area contributed by atoms with E-state index in [9.17, 15) is 8.42 Å². The summed E-state index contributed by atoms with van der Waals surface area (Å²) in [6, 6.07) is 6.59. The summed E-state index contributed by atoms with van der Waals surface area (Å²) in [5.41, 5.74) is 3.52. The molecule has 0 saturated carbocycles. The number of hydrogen-bond acceptors (Lipinski definition) is 3. The Bertz CT molecular complexity index is 534. The maximum atomic E-state index is 11.9. The zero-order chi connectivity index (χ0) is 12.5. The molecular formula is C11H14N2O3S. The molecule has 1 N–H and O–H groups in total. The zero-order valence-electron chi connectivity index (χ0n) is 9.67. The molecular weight excluding hydrogens is 240 g/mol. The first-order valence-corrected chi connectivity index (χ1v) is 6.73. The highest BCUT2D eigenvalue weighted by Crippen LogP contribution is 2.15. The van der Waals surface area contributed by atoms with E-state index in [0.717, 1.165) is 5.56 Å². The summed E-state index contributed by atoms with van der Waals surface area (Å²) in [7, 11) is -3.64. The number of sulfonamides is 1. The molecule has 0 spiro atoms. The number of aryl methyl sites for hydroxylation is 1. The lowest BCUT2D eigenvalue weighted by atomic mass is 10.2. The van der Waals surface area contributed by atoms with E-state index >= 15 is 0 Å². The highest BCUT2D eigenvalue weighted by molar-refractivity contribution is 7.90. The summed E-state index contributed by atoms with van der Waals surface area (Å²) >= 11 is 0. The second-order valence-electron chi connectivity index (χ2n) is 4.06. The van der Waals surface area contributed by atoms with Crippen molar-refractivity contribution in [3.63, 3.8) is 0 Å².